The van der Waals surface area contributed by atoms with E-state index in [2.05, 4.69) is 15.4 Å². The first-order valence-electron chi connectivity index (χ1n) is 7.82. The molecule has 0 spiro atoms. The molecule has 1 N–H and O–H groups in total. The van der Waals surface area contributed by atoms with Crippen molar-refractivity contribution in [2.24, 2.45) is 0 Å². The monoisotopic (exact) mass is 320 g/mol. The predicted octanol–water partition coefficient (Wildman–Crippen LogP) is 3.06. The van der Waals surface area contributed by atoms with Crippen molar-refractivity contribution in [1.29, 1.82) is 0 Å². The molecule has 1 amide bonds. The van der Waals surface area contributed by atoms with Gasteiger partial charge in [-0.15, -0.1) is 0 Å². The third-order valence-electron chi connectivity index (χ3n) is 3.75. The summed E-state index contributed by atoms with van der Waals surface area (Å²) in [7, 11) is 0. The van der Waals surface area contributed by atoms with Crippen LogP contribution in [0.4, 0.5) is 5.69 Å². The number of pyridine rings is 1. The molecule has 1 fully saturated rings. The number of hydrogen-bond donors (Lipinski definition) is 1. The Morgan fingerprint density at radius 3 is 2.83 bits per heavy atom. The molecule has 0 saturated heterocycles. The number of rotatable bonds is 5. The van der Waals surface area contributed by atoms with Crippen LogP contribution in [-0.4, -0.2) is 26.8 Å². The normalized spacial score (nSPS) is 13.5. The van der Waals surface area contributed by atoms with Crippen LogP contribution in [0, 0.1) is 0 Å². The molecule has 6 nitrogen and oxygen atoms in total. The van der Waals surface area contributed by atoms with Crippen molar-refractivity contribution < 1.29 is 9.53 Å². The van der Waals surface area contributed by atoms with E-state index >= 15 is 0 Å². The van der Waals surface area contributed by atoms with Crippen LogP contribution in [0.25, 0.3) is 5.69 Å². The van der Waals surface area contributed by atoms with E-state index in [0.717, 1.165) is 18.5 Å². The second-order valence-electron chi connectivity index (χ2n) is 5.61. The summed E-state index contributed by atoms with van der Waals surface area (Å²) in [5, 5.41) is 7.11. The Kier molecular flexibility index (Phi) is 3.70. The minimum absolute atomic E-state index is 0.229. The molecule has 6 heteroatoms. The third kappa shape index (κ3) is 2.99. The fraction of sp³-hybridized carbons (Fsp3) is 0.167. The van der Waals surface area contributed by atoms with Gasteiger partial charge in [0.2, 0.25) is 0 Å². The van der Waals surface area contributed by atoms with Gasteiger partial charge in [0.25, 0.3) is 5.91 Å². The van der Waals surface area contributed by atoms with Gasteiger partial charge in [-0.05, 0) is 37.1 Å². The summed E-state index contributed by atoms with van der Waals surface area (Å²) in [4.78, 5) is 16.8. The number of benzene rings is 1. The maximum absolute atomic E-state index is 12.7. The zero-order chi connectivity index (χ0) is 16.4. The first kappa shape index (κ1) is 14.4. The van der Waals surface area contributed by atoms with E-state index in [-0.39, 0.29) is 12.0 Å². The molecule has 0 aliphatic heterocycles. The van der Waals surface area contributed by atoms with Crippen molar-refractivity contribution in [3.63, 3.8) is 0 Å². The molecule has 0 unspecified atom stereocenters. The minimum atomic E-state index is -0.229. The van der Waals surface area contributed by atoms with Crippen LogP contribution in [-0.2, 0) is 0 Å². The van der Waals surface area contributed by atoms with Gasteiger partial charge in [0.15, 0.2) is 0 Å². The van der Waals surface area contributed by atoms with E-state index < -0.39 is 0 Å². The number of para-hydroxylation sites is 1. The van der Waals surface area contributed by atoms with Gasteiger partial charge in [-0.1, -0.05) is 12.1 Å². The Labute approximate surface area is 139 Å². The van der Waals surface area contributed by atoms with Gasteiger partial charge < -0.3 is 10.1 Å². The van der Waals surface area contributed by atoms with Crippen molar-refractivity contribution in [2.75, 3.05) is 5.32 Å². The average molecular weight is 320 g/mol. The molecule has 4 rings (SSSR count). The van der Waals surface area contributed by atoms with E-state index in [0.29, 0.717) is 17.0 Å². The third-order valence-corrected chi connectivity index (χ3v) is 3.75. The molecule has 1 aliphatic rings. The summed E-state index contributed by atoms with van der Waals surface area (Å²) in [6.45, 7) is 0. The fourth-order valence-corrected chi connectivity index (χ4v) is 2.41. The molecule has 0 atom stereocenters. The Hall–Kier alpha value is -3.15. The van der Waals surface area contributed by atoms with Crippen LogP contribution in [0.2, 0.25) is 0 Å². The maximum Gasteiger partial charge on any atom is 0.259 e. The van der Waals surface area contributed by atoms with E-state index in [1.807, 2.05) is 30.5 Å². The number of amides is 1. The highest BCUT2D eigenvalue weighted by atomic mass is 16.5. The Bertz CT molecular complexity index is 857. The van der Waals surface area contributed by atoms with Gasteiger partial charge in [0.05, 0.1) is 29.2 Å². The number of nitrogens with zero attached hydrogens (tertiary/aromatic N) is 3. The predicted molar refractivity (Wildman–Crippen MR) is 89.4 cm³/mol. The van der Waals surface area contributed by atoms with Gasteiger partial charge in [-0.25, -0.2) is 4.68 Å². The number of carbonyl (C=O) groups excluding carboxylic acids is 1. The van der Waals surface area contributed by atoms with Crippen LogP contribution in [0.15, 0.2) is 61.2 Å². The summed E-state index contributed by atoms with van der Waals surface area (Å²) in [5.74, 6) is 0.384. The fourth-order valence-electron chi connectivity index (χ4n) is 2.41. The van der Waals surface area contributed by atoms with Crippen molar-refractivity contribution >= 4 is 11.6 Å². The lowest BCUT2D eigenvalue weighted by Gasteiger charge is -2.13. The van der Waals surface area contributed by atoms with Crippen molar-refractivity contribution in [2.45, 2.75) is 18.9 Å². The van der Waals surface area contributed by atoms with Crippen LogP contribution in [0.3, 0.4) is 0 Å². The maximum atomic E-state index is 12.7. The first-order valence-corrected chi connectivity index (χ1v) is 7.82. The van der Waals surface area contributed by atoms with Crippen molar-refractivity contribution in [1.82, 2.24) is 14.8 Å². The molecule has 24 heavy (non-hydrogen) atoms. The zero-order valence-electron chi connectivity index (χ0n) is 12.9. The van der Waals surface area contributed by atoms with Gasteiger partial charge in [0, 0.05) is 18.6 Å². The molecule has 120 valence electrons. The summed E-state index contributed by atoms with van der Waals surface area (Å²) < 4.78 is 7.51. The van der Waals surface area contributed by atoms with Crippen molar-refractivity contribution in [3.05, 3.63) is 66.7 Å². The Morgan fingerprint density at radius 1 is 1.17 bits per heavy atom. The zero-order valence-corrected chi connectivity index (χ0v) is 12.9. The van der Waals surface area contributed by atoms with Gasteiger partial charge >= 0.3 is 0 Å². The summed E-state index contributed by atoms with van der Waals surface area (Å²) in [6, 6.07) is 10.9. The first-order chi connectivity index (χ1) is 11.8. The van der Waals surface area contributed by atoms with Gasteiger partial charge in [0.1, 0.15) is 5.75 Å². The topological polar surface area (TPSA) is 69.0 Å². The summed E-state index contributed by atoms with van der Waals surface area (Å²) >= 11 is 0. The van der Waals surface area contributed by atoms with Crippen LogP contribution < -0.4 is 10.1 Å². The van der Waals surface area contributed by atoms with E-state index in [4.69, 9.17) is 4.74 Å². The Balaban J connectivity index is 1.61. The smallest absolute Gasteiger partial charge is 0.259 e. The molecule has 2 aromatic heterocycles. The lowest BCUT2D eigenvalue weighted by molar-refractivity contribution is 0.102. The van der Waals surface area contributed by atoms with Gasteiger partial charge in [-0.3, -0.25) is 9.78 Å². The van der Waals surface area contributed by atoms with E-state index in [1.54, 1.807) is 35.4 Å². The van der Waals surface area contributed by atoms with E-state index in [9.17, 15) is 4.79 Å². The number of ether oxygens (including phenoxy) is 1. The second kappa shape index (κ2) is 6.16. The van der Waals surface area contributed by atoms with Crippen LogP contribution in [0.5, 0.6) is 5.75 Å². The summed E-state index contributed by atoms with van der Waals surface area (Å²) in [6.07, 6.45) is 9.09. The standard InChI is InChI=1S/C18H16N4O2/c23-18(14-4-1-2-5-17(14)24-13-6-7-13)21-15-12-19-10-8-16(15)22-11-3-9-20-22/h1-5,8-13H,6-7H2,(H,21,23). The molecular formula is C18H16N4O2. The lowest BCUT2D eigenvalue weighted by Crippen LogP contribution is -2.16. The van der Waals surface area contributed by atoms with Crippen LogP contribution >= 0.6 is 0 Å². The van der Waals surface area contributed by atoms with Crippen molar-refractivity contribution in [3.8, 4) is 11.4 Å². The molecule has 2 heterocycles. The average Bonchev–Trinajstić information content (AvgIpc) is 3.25. The summed E-state index contributed by atoms with van der Waals surface area (Å²) in [5.41, 5.74) is 1.86. The number of nitrogens with one attached hydrogen (secondary N) is 1. The highest BCUT2D eigenvalue weighted by Gasteiger charge is 2.25. The molecule has 1 saturated carbocycles. The largest absolute Gasteiger partial charge is 0.490 e. The quantitative estimate of drug-likeness (QED) is 0.784. The number of carbonyl (C=O) groups is 1. The minimum Gasteiger partial charge on any atom is -0.490 e. The highest BCUT2D eigenvalue weighted by Crippen LogP contribution is 2.29. The molecule has 0 bridgehead atoms. The van der Waals surface area contributed by atoms with Crippen LogP contribution in [0.1, 0.15) is 23.2 Å². The second-order valence-corrected chi connectivity index (χ2v) is 5.61. The number of anilines is 1. The molecule has 1 aliphatic carbocycles. The molecule has 3 aromatic rings. The molecule has 1 aromatic carbocycles. The van der Waals surface area contributed by atoms with E-state index in [1.165, 1.54) is 0 Å². The molecule has 0 radical (unpaired) electrons. The SMILES string of the molecule is O=C(Nc1cnccc1-n1cccn1)c1ccccc1OC1CC1. The van der Waals surface area contributed by atoms with Gasteiger partial charge in [-0.2, -0.15) is 5.10 Å². The number of hydrogen-bond acceptors (Lipinski definition) is 4. The Morgan fingerprint density at radius 2 is 2.04 bits per heavy atom. The highest BCUT2D eigenvalue weighted by molar-refractivity contribution is 6.07. The molecular weight excluding hydrogens is 304 g/mol. The lowest BCUT2D eigenvalue weighted by atomic mass is 10.2. The number of aromatic nitrogens is 3.